The van der Waals surface area contributed by atoms with Crippen LogP contribution in [-0.2, 0) is 17.6 Å². The first-order chi connectivity index (χ1) is 12.7. The Bertz CT molecular complexity index is 602. The van der Waals surface area contributed by atoms with Crippen LogP contribution in [0, 0.1) is 0 Å². The molecule has 0 saturated carbocycles. The summed E-state index contributed by atoms with van der Waals surface area (Å²) >= 11 is 0. The Morgan fingerprint density at radius 3 is 2.46 bits per heavy atom. The predicted molar refractivity (Wildman–Crippen MR) is 102 cm³/mol. The molecule has 1 atom stereocenters. The molecule has 1 amide bonds. The first-order valence-corrected chi connectivity index (χ1v) is 10.2. The van der Waals surface area contributed by atoms with E-state index < -0.39 is 0 Å². The van der Waals surface area contributed by atoms with Crippen molar-refractivity contribution in [2.45, 2.75) is 56.7 Å². The Labute approximate surface area is 156 Å². The predicted octanol–water partition coefficient (Wildman–Crippen LogP) is 1.19. The number of carbonyl (C=O) groups excluding carboxylic acids is 1. The Morgan fingerprint density at radius 1 is 1.08 bits per heavy atom. The number of carbonyl (C=O) groups is 1. The molecule has 4 rings (SSSR count). The highest BCUT2D eigenvalue weighted by atomic mass is 16.3. The van der Waals surface area contributed by atoms with E-state index in [1.54, 1.807) is 0 Å². The van der Waals surface area contributed by atoms with Crippen LogP contribution in [0.4, 0.5) is 0 Å². The molecule has 0 aromatic heterocycles. The number of aliphatic hydroxyl groups is 1. The molecule has 2 fully saturated rings. The topological polar surface area (TPSA) is 55.8 Å². The zero-order valence-electron chi connectivity index (χ0n) is 15.6. The Hall–Kier alpha value is -1.43. The van der Waals surface area contributed by atoms with Crippen LogP contribution < -0.4 is 5.32 Å². The van der Waals surface area contributed by atoms with Crippen LogP contribution in [0.3, 0.4) is 0 Å². The van der Waals surface area contributed by atoms with Crippen molar-refractivity contribution >= 4 is 5.91 Å². The first kappa shape index (κ1) is 18.0. The third kappa shape index (κ3) is 4.27. The van der Waals surface area contributed by atoms with Crippen LogP contribution in [0.5, 0.6) is 0 Å². The fourth-order valence-electron chi connectivity index (χ4n) is 4.80. The van der Waals surface area contributed by atoms with Gasteiger partial charge in [0.05, 0.1) is 12.6 Å². The molecule has 2 N–H and O–H groups in total. The van der Waals surface area contributed by atoms with Crippen LogP contribution in [0.2, 0.25) is 0 Å². The van der Waals surface area contributed by atoms with Crippen molar-refractivity contribution < 1.29 is 9.90 Å². The number of hydrogen-bond donors (Lipinski definition) is 2. The van der Waals surface area contributed by atoms with Gasteiger partial charge in [-0.1, -0.05) is 24.3 Å². The summed E-state index contributed by atoms with van der Waals surface area (Å²) in [5.41, 5.74) is 2.99. The van der Waals surface area contributed by atoms with Crippen LogP contribution in [0.1, 0.15) is 36.8 Å². The zero-order valence-corrected chi connectivity index (χ0v) is 15.6. The van der Waals surface area contributed by atoms with Crippen molar-refractivity contribution in [2.24, 2.45) is 0 Å². The number of likely N-dealkylation sites (tertiary alicyclic amines) is 2. The van der Waals surface area contributed by atoms with Gasteiger partial charge >= 0.3 is 0 Å². The fourth-order valence-corrected chi connectivity index (χ4v) is 4.80. The molecule has 1 aromatic carbocycles. The van der Waals surface area contributed by atoms with Crippen molar-refractivity contribution in [1.82, 2.24) is 15.1 Å². The SMILES string of the molecule is O=C(CN1CCC(O)CC1)NC1CCCN(C2Cc3ccccc3C2)C1. The van der Waals surface area contributed by atoms with Gasteiger partial charge in [0, 0.05) is 31.7 Å². The molecule has 26 heavy (non-hydrogen) atoms. The summed E-state index contributed by atoms with van der Waals surface area (Å²) in [7, 11) is 0. The Kier molecular flexibility index (Phi) is 5.57. The number of nitrogens with one attached hydrogen (secondary N) is 1. The van der Waals surface area contributed by atoms with Crippen molar-refractivity contribution in [3.05, 3.63) is 35.4 Å². The molecular formula is C21H31N3O2. The molecule has 142 valence electrons. The van der Waals surface area contributed by atoms with Gasteiger partial charge < -0.3 is 10.4 Å². The van der Waals surface area contributed by atoms with E-state index in [4.69, 9.17) is 0 Å². The summed E-state index contributed by atoms with van der Waals surface area (Å²) in [5.74, 6) is 0.142. The lowest BCUT2D eigenvalue weighted by atomic mass is 10.0. The number of rotatable bonds is 4. The van der Waals surface area contributed by atoms with E-state index in [1.807, 2.05) is 0 Å². The molecule has 0 spiro atoms. The van der Waals surface area contributed by atoms with E-state index in [1.165, 1.54) is 11.1 Å². The largest absolute Gasteiger partial charge is 0.393 e. The minimum absolute atomic E-state index is 0.142. The summed E-state index contributed by atoms with van der Waals surface area (Å²) in [5, 5.41) is 12.9. The van der Waals surface area contributed by atoms with Gasteiger partial charge in [0.1, 0.15) is 0 Å². The van der Waals surface area contributed by atoms with Gasteiger partial charge in [0.15, 0.2) is 0 Å². The average molecular weight is 357 g/mol. The maximum atomic E-state index is 12.4. The highest BCUT2D eigenvalue weighted by molar-refractivity contribution is 5.78. The van der Waals surface area contributed by atoms with Crippen LogP contribution >= 0.6 is 0 Å². The normalized spacial score (nSPS) is 26.0. The van der Waals surface area contributed by atoms with E-state index >= 15 is 0 Å². The van der Waals surface area contributed by atoms with Gasteiger partial charge in [-0.05, 0) is 56.2 Å². The van der Waals surface area contributed by atoms with Crippen molar-refractivity contribution in [1.29, 1.82) is 0 Å². The number of nitrogens with zero attached hydrogens (tertiary/aromatic N) is 2. The summed E-state index contributed by atoms with van der Waals surface area (Å²) in [6.45, 7) is 4.24. The maximum absolute atomic E-state index is 12.4. The van der Waals surface area contributed by atoms with Gasteiger partial charge in [-0.15, -0.1) is 0 Å². The number of benzene rings is 1. The minimum Gasteiger partial charge on any atom is -0.393 e. The molecule has 2 aliphatic heterocycles. The molecule has 0 radical (unpaired) electrons. The summed E-state index contributed by atoms with van der Waals surface area (Å²) in [4.78, 5) is 17.2. The number of aliphatic hydroxyl groups excluding tert-OH is 1. The molecule has 5 heteroatoms. The highest BCUT2D eigenvalue weighted by Gasteiger charge is 2.31. The lowest BCUT2D eigenvalue weighted by Crippen LogP contribution is -2.53. The fraction of sp³-hybridized carbons (Fsp3) is 0.667. The van der Waals surface area contributed by atoms with Crippen LogP contribution in [0.15, 0.2) is 24.3 Å². The van der Waals surface area contributed by atoms with Crippen LogP contribution in [-0.4, -0.2) is 71.7 Å². The van der Waals surface area contributed by atoms with Crippen molar-refractivity contribution in [2.75, 3.05) is 32.7 Å². The maximum Gasteiger partial charge on any atom is 0.234 e. The first-order valence-electron chi connectivity index (χ1n) is 10.2. The summed E-state index contributed by atoms with van der Waals surface area (Å²) in [6.07, 6.45) is 5.92. The summed E-state index contributed by atoms with van der Waals surface area (Å²) < 4.78 is 0. The molecule has 1 unspecified atom stereocenters. The molecule has 2 heterocycles. The standard InChI is InChI=1S/C21H31N3O2/c25-20-7-10-23(11-8-20)15-21(26)22-18-6-3-9-24(14-18)19-12-16-4-1-2-5-17(16)13-19/h1-2,4-5,18-20,25H,3,6-15H2,(H,22,26). The number of amides is 1. The quantitative estimate of drug-likeness (QED) is 0.850. The Balaban J connectivity index is 1.26. The van der Waals surface area contributed by atoms with Gasteiger partial charge in [-0.2, -0.15) is 0 Å². The van der Waals surface area contributed by atoms with E-state index in [0.29, 0.717) is 12.6 Å². The second-order valence-electron chi connectivity index (χ2n) is 8.24. The lowest BCUT2D eigenvalue weighted by molar-refractivity contribution is -0.124. The number of fused-ring (bicyclic) bond motifs is 1. The molecule has 5 nitrogen and oxygen atoms in total. The Morgan fingerprint density at radius 2 is 1.77 bits per heavy atom. The second-order valence-corrected chi connectivity index (χ2v) is 8.24. The average Bonchev–Trinajstić information content (AvgIpc) is 3.08. The molecule has 0 bridgehead atoms. The molecular weight excluding hydrogens is 326 g/mol. The van der Waals surface area contributed by atoms with E-state index in [2.05, 4.69) is 39.4 Å². The zero-order chi connectivity index (χ0) is 17.9. The lowest BCUT2D eigenvalue weighted by Gasteiger charge is -2.37. The van der Waals surface area contributed by atoms with Crippen molar-refractivity contribution in [3.8, 4) is 0 Å². The minimum atomic E-state index is -0.184. The van der Waals surface area contributed by atoms with Gasteiger partial charge in [-0.3, -0.25) is 14.6 Å². The molecule has 3 aliphatic rings. The van der Waals surface area contributed by atoms with E-state index in [-0.39, 0.29) is 18.1 Å². The van der Waals surface area contributed by atoms with Gasteiger partial charge in [0.25, 0.3) is 0 Å². The van der Waals surface area contributed by atoms with Gasteiger partial charge in [0.2, 0.25) is 5.91 Å². The molecule has 2 saturated heterocycles. The van der Waals surface area contributed by atoms with Crippen LogP contribution in [0.25, 0.3) is 0 Å². The summed E-state index contributed by atoms with van der Waals surface area (Å²) in [6, 6.07) is 9.66. The van der Waals surface area contributed by atoms with Gasteiger partial charge in [-0.25, -0.2) is 0 Å². The third-order valence-electron chi connectivity index (χ3n) is 6.29. The molecule has 1 aromatic rings. The third-order valence-corrected chi connectivity index (χ3v) is 6.29. The van der Waals surface area contributed by atoms with E-state index in [9.17, 15) is 9.90 Å². The van der Waals surface area contributed by atoms with E-state index in [0.717, 1.165) is 64.7 Å². The number of piperidine rings is 2. The molecule has 1 aliphatic carbocycles. The smallest absolute Gasteiger partial charge is 0.234 e. The van der Waals surface area contributed by atoms with Crippen molar-refractivity contribution in [3.63, 3.8) is 0 Å². The highest BCUT2D eigenvalue weighted by Crippen LogP contribution is 2.27. The monoisotopic (exact) mass is 357 g/mol. The number of hydrogen-bond acceptors (Lipinski definition) is 4. The second kappa shape index (κ2) is 8.07.